The first kappa shape index (κ1) is 13.8. The van der Waals surface area contributed by atoms with Crippen LogP contribution < -0.4 is 10.5 Å². The third kappa shape index (κ3) is 4.18. The number of ether oxygens (including phenoxy) is 1. The molecule has 0 radical (unpaired) electrons. The van der Waals surface area contributed by atoms with Gasteiger partial charge in [0.25, 0.3) is 0 Å². The number of nitrogens with zero attached hydrogens (tertiary/aromatic N) is 3. The Morgan fingerprint density at radius 3 is 2.63 bits per heavy atom. The zero-order valence-corrected chi connectivity index (χ0v) is 11.2. The average Bonchev–Trinajstić information content (AvgIpc) is 2.41. The Kier molecular flexibility index (Phi) is 4.70. The molecular formula is C13H20N4O2. The van der Waals surface area contributed by atoms with E-state index in [1.54, 1.807) is 7.11 Å². The lowest BCUT2D eigenvalue weighted by atomic mass is 10.2. The fourth-order valence-electron chi connectivity index (χ4n) is 2.21. The summed E-state index contributed by atoms with van der Waals surface area (Å²) in [5.41, 5.74) is 6.20. The normalized spacial score (nSPS) is 17.3. The van der Waals surface area contributed by atoms with E-state index in [-0.39, 0.29) is 5.91 Å². The first-order valence-electron chi connectivity index (χ1n) is 6.40. The van der Waals surface area contributed by atoms with Crippen LogP contribution in [0, 0.1) is 0 Å². The van der Waals surface area contributed by atoms with Gasteiger partial charge in [-0.15, -0.1) is 0 Å². The van der Waals surface area contributed by atoms with E-state index in [0.717, 1.165) is 38.4 Å². The second-order valence-corrected chi connectivity index (χ2v) is 4.69. The van der Waals surface area contributed by atoms with Crippen LogP contribution in [0.15, 0.2) is 18.2 Å². The van der Waals surface area contributed by atoms with Gasteiger partial charge in [0.1, 0.15) is 0 Å². The van der Waals surface area contributed by atoms with Gasteiger partial charge in [-0.05, 0) is 6.07 Å². The van der Waals surface area contributed by atoms with Gasteiger partial charge >= 0.3 is 0 Å². The van der Waals surface area contributed by atoms with E-state index in [9.17, 15) is 4.79 Å². The number of primary amides is 1. The highest BCUT2D eigenvalue weighted by atomic mass is 16.5. The molecule has 2 heterocycles. The molecule has 1 aromatic heterocycles. The van der Waals surface area contributed by atoms with Crippen LogP contribution in [-0.4, -0.2) is 60.5 Å². The minimum atomic E-state index is -0.261. The van der Waals surface area contributed by atoms with Gasteiger partial charge in [-0.1, -0.05) is 6.07 Å². The number of hydrogen-bond acceptors (Lipinski definition) is 5. The van der Waals surface area contributed by atoms with Crippen molar-refractivity contribution in [1.82, 2.24) is 14.8 Å². The topological polar surface area (TPSA) is 71.7 Å². The predicted octanol–water partition coefficient (Wildman–Crippen LogP) is -0.307. The lowest BCUT2D eigenvalue weighted by Crippen LogP contribution is -2.48. The lowest BCUT2D eigenvalue weighted by molar-refractivity contribution is -0.119. The summed E-state index contributed by atoms with van der Waals surface area (Å²) in [5, 5.41) is 0. The number of amides is 1. The molecule has 0 unspecified atom stereocenters. The number of piperazine rings is 1. The van der Waals surface area contributed by atoms with Crippen LogP contribution in [0.1, 0.15) is 5.69 Å². The van der Waals surface area contributed by atoms with E-state index in [4.69, 9.17) is 10.5 Å². The van der Waals surface area contributed by atoms with Crippen molar-refractivity contribution < 1.29 is 9.53 Å². The molecule has 1 fully saturated rings. The van der Waals surface area contributed by atoms with Crippen molar-refractivity contribution in [2.45, 2.75) is 6.54 Å². The first-order chi connectivity index (χ1) is 9.17. The van der Waals surface area contributed by atoms with Crippen LogP contribution in [0.2, 0.25) is 0 Å². The van der Waals surface area contributed by atoms with E-state index in [1.807, 2.05) is 18.2 Å². The molecule has 0 aliphatic carbocycles. The summed E-state index contributed by atoms with van der Waals surface area (Å²) in [5.74, 6) is 0.382. The number of rotatable bonds is 5. The maximum Gasteiger partial charge on any atom is 0.231 e. The molecule has 2 N–H and O–H groups in total. The van der Waals surface area contributed by atoms with Crippen LogP contribution >= 0.6 is 0 Å². The van der Waals surface area contributed by atoms with Crippen LogP contribution in [0.4, 0.5) is 0 Å². The molecule has 6 heteroatoms. The maximum absolute atomic E-state index is 10.9. The number of carbonyl (C=O) groups excluding carboxylic acids is 1. The molecule has 6 nitrogen and oxygen atoms in total. The van der Waals surface area contributed by atoms with Crippen LogP contribution in [-0.2, 0) is 11.3 Å². The summed E-state index contributed by atoms with van der Waals surface area (Å²) in [6.07, 6.45) is 0. The molecular weight excluding hydrogens is 244 g/mol. The van der Waals surface area contributed by atoms with Crippen molar-refractivity contribution in [3.05, 3.63) is 23.9 Å². The molecule has 1 amide bonds. The zero-order chi connectivity index (χ0) is 13.7. The van der Waals surface area contributed by atoms with Crippen molar-refractivity contribution in [1.29, 1.82) is 0 Å². The monoisotopic (exact) mass is 264 g/mol. The lowest BCUT2D eigenvalue weighted by Gasteiger charge is -2.33. The summed E-state index contributed by atoms with van der Waals surface area (Å²) in [6.45, 7) is 4.74. The van der Waals surface area contributed by atoms with Crippen LogP contribution in [0.3, 0.4) is 0 Å². The third-order valence-corrected chi connectivity index (χ3v) is 3.22. The summed E-state index contributed by atoms with van der Waals surface area (Å²) in [7, 11) is 1.62. The highest BCUT2D eigenvalue weighted by Gasteiger charge is 2.18. The number of aromatic nitrogens is 1. The molecule has 0 atom stereocenters. The molecule has 0 aromatic carbocycles. The largest absolute Gasteiger partial charge is 0.481 e. The SMILES string of the molecule is COc1cccc(CN2CCN(CC(N)=O)CC2)n1. The summed E-state index contributed by atoms with van der Waals surface area (Å²) < 4.78 is 5.12. The van der Waals surface area contributed by atoms with E-state index in [2.05, 4.69) is 14.8 Å². The summed E-state index contributed by atoms with van der Waals surface area (Å²) in [6, 6.07) is 5.79. The number of pyridine rings is 1. The minimum absolute atomic E-state index is 0.261. The molecule has 0 bridgehead atoms. The molecule has 1 aliphatic heterocycles. The van der Waals surface area contributed by atoms with Crippen molar-refractivity contribution in [2.75, 3.05) is 39.8 Å². The minimum Gasteiger partial charge on any atom is -0.481 e. The maximum atomic E-state index is 10.9. The highest BCUT2D eigenvalue weighted by Crippen LogP contribution is 2.10. The number of carbonyl (C=O) groups is 1. The predicted molar refractivity (Wildman–Crippen MR) is 71.7 cm³/mol. The number of nitrogens with two attached hydrogens (primary N) is 1. The summed E-state index contributed by atoms with van der Waals surface area (Å²) >= 11 is 0. The summed E-state index contributed by atoms with van der Waals surface area (Å²) in [4.78, 5) is 19.7. The molecule has 1 aromatic rings. The van der Waals surface area contributed by atoms with E-state index >= 15 is 0 Å². The third-order valence-electron chi connectivity index (χ3n) is 3.22. The van der Waals surface area contributed by atoms with Gasteiger partial charge < -0.3 is 10.5 Å². The number of methoxy groups -OCH3 is 1. The Hall–Kier alpha value is -1.66. The van der Waals surface area contributed by atoms with Gasteiger partial charge in [0.2, 0.25) is 11.8 Å². The Morgan fingerprint density at radius 2 is 2.00 bits per heavy atom. The zero-order valence-electron chi connectivity index (χ0n) is 11.2. The van der Waals surface area contributed by atoms with Gasteiger partial charge in [-0.25, -0.2) is 4.98 Å². The van der Waals surface area contributed by atoms with E-state index < -0.39 is 0 Å². The standard InChI is InChI=1S/C13H20N4O2/c1-19-13-4-2-3-11(15-13)9-16-5-7-17(8-6-16)10-12(14)18/h2-4H,5-10H2,1H3,(H2,14,18). The van der Waals surface area contributed by atoms with Gasteiger partial charge in [-0.3, -0.25) is 14.6 Å². The van der Waals surface area contributed by atoms with Gasteiger partial charge in [0.15, 0.2) is 0 Å². The Balaban J connectivity index is 1.83. The van der Waals surface area contributed by atoms with Gasteiger partial charge in [0.05, 0.1) is 19.3 Å². The van der Waals surface area contributed by atoms with Gasteiger partial charge in [-0.2, -0.15) is 0 Å². The molecule has 1 aliphatic rings. The molecule has 1 saturated heterocycles. The molecule has 2 rings (SSSR count). The van der Waals surface area contributed by atoms with Crippen molar-refractivity contribution >= 4 is 5.91 Å². The quantitative estimate of drug-likeness (QED) is 0.790. The van der Waals surface area contributed by atoms with Crippen molar-refractivity contribution in [3.8, 4) is 5.88 Å². The Morgan fingerprint density at radius 1 is 1.32 bits per heavy atom. The fraction of sp³-hybridized carbons (Fsp3) is 0.538. The first-order valence-corrected chi connectivity index (χ1v) is 6.40. The molecule has 0 spiro atoms. The number of hydrogen-bond donors (Lipinski definition) is 1. The molecule has 19 heavy (non-hydrogen) atoms. The van der Waals surface area contributed by atoms with E-state index in [0.29, 0.717) is 12.4 Å². The Labute approximate surface area is 113 Å². The van der Waals surface area contributed by atoms with Crippen LogP contribution in [0.25, 0.3) is 0 Å². The van der Waals surface area contributed by atoms with Crippen molar-refractivity contribution in [3.63, 3.8) is 0 Å². The smallest absolute Gasteiger partial charge is 0.231 e. The van der Waals surface area contributed by atoms with E-state index in [1.165, 1.54) is 0 Å². The second-order valence-electron chi connectivity index (χ2n) is 4.69. The highest BCUT2D eigenvalue weighted by molar-refractivity contribution is 5.75. The molecule has 0 saturated carbocycles. The second kappa shape index (κ2) is 6.49. The van der Waals surface area contributed by atoms with Gasteiger partial charge in [0, 0.05) is 38.8 Å². The average molecular weight is 264 g/mol. The van der Waals surface area contributed by atoms with Crippen molar-refractivity contribution in [2.24, 2.45) is 5.73 Å². The van der Waals surface area contributed by atoms with Crippen LogP contribution in [0.5, 0.6) is 5.88 Å². The Bertz CT molecular complexity index is 430. The fourth-order valence-corrected chi connectivity index (χ4v) is 2.21. The molecule has 104 valence electrons.